The summed E-state index contributed by atoms with van der Waals surface area (Å²) in [5.41, 5.74) is 0.903. The van der Waals surface area contributed by atoms with Gasteiger partial charge in [-0.3, -0.25) is 9.69 Å². The van der Waals surface area contributed by atoms with Crippen LogP contribution >= 0.6 is 0 Å². The van der Waals surface area contributed by atoms with Crippen LogP contribution in [0.3, 0.4) is 0 Å². The third-order valence-corrected chi connectivity index (χ3v) is 5.20. The zero-order valence-corrected chi connectivity index (χ0v) is 18.2. The van der Waals surface area contributed by atoms with Crippen LogP contribution in [0.5, 0.6) is 5.75 Å². The summed E-state index contributed by atoms with van der Waals surface area (Å²) in [4.78, 5) is 31.0. The van der Waals surface area contributed by atoms with E-state index in [2.05, 4.69) is 35.5 Å². The predicted octanol–water partition coefficient (Wildman–Crippen LogP) is 1.22. The second-order valence-corrected chi connectivity index (χ2v) is 7.62. The number of piperazine rings is 1. The van der Waals surface area contributed by atoms with Crippen molar-refractivity contribution in [3.05, 3.63) is 66.3 Å². The minimum atomic E-state index is -0.456. The molecule has 3 aromatic rings. The molecule has 1 aromatic carbocycles. The van der Waals surface area contributed by atoms with Crippen molar-refractivity contribution in [1.29, 1.82) is 0 Å². The second-order valence-electron chi connectivity index (χ2n) is 7.62. The van der Waals surface area contributed by atoms with Crippen molar-refractivity contribution in [3.63, 3.8) is 0 Å². The number of nitrogens with zero attached hydrogens (tertiary/aromatic N) is 5. The second kappa shape index (κ2) is 11.4. The van der Waals surface area contributed by atoms with Crippen LogP contribution in [0.4, 0.5) is 4.39 Å². The van der Waals surface area contributed by atoms with Crippen LogP contribution < -0.4 is 15.4 Å². The number of halogens is 1. The topological polar surface area (TPSA) is 105 Å². The summed E-state index contributed by atoms with van der Waals surface area (Å²) >= 11 is 0. The van der Waals surface area contributed by atoms with Crippen molar-refractivity contribution >= 4 is 5.91 Å². The molecule has 0 saturated carbocycles. The van der Waals surface area contributed by atoms with Gasteiger partial charge in [0.15, 0.2) is 5.82 Å². The van der Waals surface area contributed by atoms with Crippen LogP contribution in [0.15, 0.2) is 49.1 Å². The Bertz CT molecular complexity index is 1040. The van der Waals surface area contributed by atoms with Gasteiger partial charge in [0.2, 0.25) is 5.91 Å². The summed E-state index contributed by atoms with van der Waals surface area (Å²) in [6.45, 7) is 5.50. The summed E-state index contributed by atoms with van der Waals surface area (Å²) in [6.07, 6.45) is 6.39. The maximum absolute atomic E-state index is 14.6. The van der Waals surface area contributed by atoms with E-state index in [0.29, 0.717) is 23.7 Å². The highest BCUT2D eigenvalue weighted by molar-refractivity contribution is 5.78. The molecule has 0 spiro atoms. The van der Waals surface area contributed by atoms with E-state index in [4.69, 9.17) is 4.74 Å². The van der Waals surface area contributed by atoms with E-state index in [-0.39, 0.29) is 30.3 Å². The van der Waals surface area contributed by atoms with Crippen molar-refractivity contribution in [2.75, 3.05) is 39.3 Å². The molecule has 172 valence electrons. The number of carbonyl (C=O) groups excluding carboxylic acids is 1. The van der Waals surface area contributed by atoms with Gasteiger partial charge in [-0.2, -0.15) is 0 Å². The lowest BCUT2D eigenvalue weighted by atomic mass is 10.1. The Balaban J connectivity index is 1.28. The highest BCUT2D eigenvalue weighted by Gasteiger charge is 2.12. The van der Waals surface area contributed by atoms with Crippen LogP contribution in [0.25, 0.3) is 11.4 Å². The van der Waals surface area contributed by atoms with Gasteiger partial charge < -0.3 is 15.4 Å². The summed E-state index contributed by atoms with van der Waals surface area (Å²) in [5, 5.41) is 6.06. The molecule has 0 bridgehead atoms. The number of carbonyl (C=O) groups is 1. The molecule has 2 aromatic heterocycles. The fraction of sp³-hybridized carbons (Fsp3) is 0.348. The molecule has 9 nitrogen and oxygen atoms in total. The van der Waals surface area contributed by atoms with E-state index >= 15 is 0 Å². The number of aromatic nitrogens is 4. The third kappa shape index (κ3) is 6.74. The summed E-state index contributed by atoms with van der Waals surface area (Å²) in [6, 6.07) is 6.38. The summed E-state index contributed by atoms with van der Waals surface area (Å²) in [7, 11) is 0. The molecule has 4 rings (SSSR count). The highest BCUT2D eigenvalue weighted by Crippen LogP contribution is 2.23. The van der Waals surface area contributed by atoms with Crippen molar-refractivity contribution in [2.45, 2.75) is 13.0 Å². The average Bonchev–Trinajstić information content (AvgIpc) is 2.85. The normalized spacial score (nSPS) is 14.1. The van der Waals surface area contributed by atoms with Gasteiger partial charge in [-0.15, -0.1) is 0 Å². The molecular formula is C23H26FN7O2. The Morgan fingerprint density at radius 2 is 1.88 bits per heavy atom. The lowest BCUT2D eigenvalue weighted by Gasteiger charge is -2.26. The SMILES string of the molecule is O=C(Cc1cnc(-c2ccc(OCCN3CCNCC3)cc2F)nc1)NCc1ncccn1. The van der Waals surface area contributed by atoms with Crippen molar-refractivity contribution in [3.8, 4) is 17.1 Å². The maximum atomic E-state index is 14.6. The fourth-order valence-corrected chi connectivity index (χ4v) is 3.43. The lowest BCUT2D eigenvalue weighted by Crippen LogP contribution is -2.44. The molecule has 0 atom stereocenters. The molecule has 1 saturated heterocycles. The van der Waals surface area contributed by atoms with E-state index in [1.807, 2.05) is 0 Å². The zero-order valence-electron chi connectivity index (χ0n) is 18.2. The molecule has 1 fully saturated rings. The van der Waals surface area contributed by atoms with Crippen molar-refractivity contribution < 1.29 is 13.9 Å². The quantitative estimate of drug-likeness (QED) is 0.500. The van der Waals surface area contributed by atoms with Crippen molar-refractivity contribution in [2.24, 2.45) is 0 Å². The highest BCUT2D eigenvalue weighted by atomic mass is 19.1. The molecule has 0 radical (unpaired) electrons. The average molecular weight is 452 g/mol. The first-order chi connectivity index (χ1) is 16.2. The van der Waals surface area contributed by atoms with Gasteiger partial charge in [-0.1, -0.05) is 0 Å². The molecule has 3 heterocycles. The van der Waals surface area contributed by atoms with Crippen LogP contribution in [-0.2, 0) is 17.8 Å². The molecule has 1 amide bonds. The number of hydrogen-bond donors (Lipinski definition) is 2. The fourth-order valence-electron chi connectivity index (χ4n) is 3.43. The number of amides is 1. The summed E-state index contributed by atoms with van der Waals surface area (Å²) in [5.74, 6) is 0.600. The maximum Gasteiger partial charge on any atom is 0.224 e. The standard InChI is InChI=1S/C23H26FN7O2/c24-20-13-18(33-11-10-31-8-6-25-7-9-31)2-3-19(20)23-29-14-17(15-30-23)12-22(32)28-16-21-26-4-1-5-27-21/h1-5,13-15,25H,6-12,16H2,(H,28,32). The number of rotatable bonds is 9. The first-order valence-electron chi connectivity index (χ1n) is 10.9. The number of benzene rings is 1. The van der Waals surface area contributed by atoms with Gasteiger partial charge in [0.1, 0.15) is 24.0 Å². The Kier molecular flexibility index (Phi) is 7.83. The van der Waals surface area contributed by atoms with Crippen LogP contribution in [-0.4, -0.2) is 70.1 Å². The minimum Gasteiger partial charge on any atom is -0.492 e. The van der Waals surface area contributed by atoms with Crippen molar-refractivity contribution in [1.82, 2.24) is 35.5 Å². The predicted molar refractivity (Wildman–Crippen MR) is 120 cm³/mol. The minimum absolute atomic E-state index is 0.107. The summed E-state index contributed by atoms with van der Waals surface area (Å²) < 4.78 is 20.3. The van der Waals surface area contributed by atoms with E-state index in [1.54, 1.807) is 30.6 Å². The Morgan fingerprint density at radius 1 is 1.12 bits per heavy atom. The van der Waals surface area contributed by atoms with Gasteiger partial charge in [0.25, 0.3) is 0 Å². The largest absolute Gasteiger partial charge is 0.492 e. The van der Waals surface area contributed by atoms with E-state index in [9.17, 15) is 9.18 Å². The smallest absolute Gasteiger partial charge is 0.224 e. The van der Waals surface area contributed by atoms with Crippen LogP contribution in [0.1, 0.15) is 11.4 Å². The molecule has 0 unspecified atom stereocenters. The molecular weight excluding hydrogens is 425 g/mol. The van der Waals surface area contributed by atoms with Crippen LogP contribution in [0.2, 0.25) is 0 Å². The Hall–Kier alpha value is -3.50. The molecule has 1 aliphatic rings. The monoisotopic (exact) mass is 451 g/mol. The third-order valence-electron chi connectivity index (χ3n) is 5.20. The number of hydrogen-bond acceptors (Lipinski definition) is 8. The van der Waals surface area contributed by atoms with Gasteiger partial charge in [0.05, 0.1) is 18.5 Å². The molecule has 0 aliphatic carbocycles. The van der Waals surface area contributed by atoms with E-state index in [1.165, 1.54) is 18.5 Å². The number of nitrogens with one attached hydrogen (secondary N) is 2. The first kappa shape index (κ1) is 22.7. The van der Waals surface area contributed by atoms with Gasteiger partial charge in [-0.25, -0.2) is 24.3 Å². The molecule has 1 aliphatic heterocycles. The molecule has 2 N–H and O–H groups in total. The van der Waals surface area contributed by atoms with E-state index in [0.717, 1.165) is 32.7 Å². The Morgan fingerprint density at radius 3 is 2.61 bits per heavy atom. The van der Waals surface area contributed by atoms with Gasteiger partial charge in [-0.05, 0) is 23.8 Å². The van der Waals surface area contributed by atoms with Crippen LogP contribution in [0, 0.1) is 5.82 Å². The van der Waals surface area contributed by atoms with Gasteiger partial charge in [0, 0.05) is 63.6 Å². The molecule has 10 heteroatoms. The number of ether oxygens (including phenoxy) is 1. The lowest BCUT2D eigenvalue weighted by molar-refractivity contribution is -0.120. The zero-order chi connectivity index (χ0) is 22.9. The first-order valence-corrected chi connectivity index (χ1v) is 10.9. The van der Waals surface area contributed by atoms with E-state index < -0.39 is 5.82 Å². The van der Waals surface area contributed by atoms with Gasteiger partial charge >= 0.3 is 0 Å². The Labute approximate surface area is 191 Å². The molecule has 33 heavy (non-hydrogen) atoms.